The summed E-state index contributed by atoms with van der Waals surface area (Å²) in [7, 11) is 0. The zero-order chi connectivity index (χ0) is 16.7. The van der Waals surface area contributed by atoms with Gasteiger partial charge in [-0.2, -0.15) is 0 Å². The standard InChI is InChI=1S/C19H24N2O2/c1-14(2)23-13-16-10-8-15(9-11-16)12-21-18(19(20)22)17-6-4-3-5-7-17/h3-11,14,18,21H,12-13H2,1-2H3,(H2,20,22)/t18-/m0/s1. The molecule has 0 spiro atoms. The molecule has 0 saturated carbocycles. The van der Waals surface area contributed by atoms with Gasteiger partial charge in [-0.1, -0.05) is 54.6 Å². The van der Waals surface area contributed by atoms with Crippen molar-refractivity contribution in [1.29, 1.82) is 0 Å². The average Bonchev–Trinajstić information content (AvgIpc) is 2.55. The summed E-state index contributed by atoms with van der Waals surface area (Å²) in [5.74, 6) is -0.377. The van der Waals surface area contributed by atoms with Crippen molar-refractivity contribution in [2.45, 2.75) is 39.1 Å². The molecule has 23 heavy (non-hydrogen) atoms. The number of primary amides is 1. The molecule has 0 unspecified atom stereocenters. The number of rotatable bonds is 8. The summed E-state index contributed by atoms with van der Waals surface area (Å²) in [5, 5.41) is 3.22. The first-order valence-electron chi connectivity index (χ1n) is 7.83. The summed E-state index contributed by atoms with van der Waals surface area (Å²) in [5.41, 5.74) is 8.62. The van der Waals surface area contributed by atoms with Gasteiger partial charge in [-0.25, -0.2) is 0 Å². The molecule has 1 amide bonds. The molecule has 2 aromatic rings. The van der Waals surface area contributed by atoms with Gasteiger partial charge in [-0.15, -0.1) is 0 Å². The molecule has 1 atom stereocenters. The lowest BCUT2D eigenvalue weighted by molar-refractivity contribution is -0.120. The van der Waals surface area contributed by atoms with Crippen molar-refractivity contribution in [2.24, 2.45) is 5.73 Å². The third-order valence-corrected chi connectivity index (χ3v) is 3.53. The summed E-state index contributed by atoms with van der Waals surface area (Å²) in [6.45, 7) is 5.23. The van der Waals surface area contributed by atoms with Crippen LogP contribution in [0.2, 0.25) is 0 Å². The maximum atomic E-state index is 11.7. The number of ether oxygens (including phenoxy) is 1. The number of nitrogens with one attached hydrogen (secondary N) is 1. The van der Waals surface area contributed by atoms with Gasteiger partial charge in [0.15, 0.2) is 0 Å². The molecule has 0 aliphatic carbocycles. The van der Waals surface area contributed by atoms with E-state index in [1.807, 2.05) is 68.4 Å². The van der Waals surface area contributed by atoms with Gasteiger partial charge in [-0.3, -0.25) is 10.1 Å². The van der Waals surface area contributed by atoms with Crippen LogP contribution in [0.25, 0.3) is 0 Å². The van der Waals surface area contributed by atoms with Crippen LogP contribution in [0, 0.1) is 0 Å². The summed E-state index contributed by atoms with van der Waals surface area (Å²) < 4.78 is 5.58. The molecule has 0 aromatic heterocycles. The largest absolute Gasteiger partial charge is 0.374 e. The second-order valence-electron chi connectivity index (χ2n) is 5.80. The molecule has 0 aliphatic heterocycles. The predicted octanol–water partition coefficient (Wildman–Crippen LogP) is 2.93. The van der Waals surface area contributed by atoms with Gasteiger partial charge in [-0.05, 0) is 30.5 Å². The van der Waals surface area contributed by atoms with E-state index in [0.717, 1.165) is 16.7 Å². The first-order chi connectivity index (χ1) is 11.1. The Morgan fingerprint density at radius 1 is 1.04 bits per heavy atom. The van der Waals surface area contributed by atoms with Gasteiger partial charge >= 0.3 is 0 Å². The minimum Gasteiger partial charge on any atom is -0.374 e. The third-order valence-electron chi connectivity index (χ3n) is 3.53. The predicted molar refractivity (Wildman–Crippen MR) is 91.6 cm³/mol. The fraction of sp³-hybridized carbons (Fsp3) is 0.316. The first-order valence-corrected chi connectivity index (χ1v) is 7.83. The van der Waals surface area contributed by atoms with Gasteiger partial charge in [0, 0.05) is 6.54 Å². The number of nitrogens with two attached hydrogens (primary N) is 1. The molecule has 0 heterocycles. The van der Waals surface area contributed by atoms with E-state index < -0.39 is 6.04 Å². The second kappa shape index (κ2) is 8.46. The molecular weight excluding hydrogens is 288 g/mol. The van der Waals surface area contributed by atoms with E-state index in [9.17, 15) is 4.79 Å². The van der Waals surface area contributed by atoms with Crippen LogP contribution in [0.4, 0.5) is 0 Å². The van der Waals surface area contributed by atoms with E-state index in [4.69, 9.17) is 10.5 Å². The van der Waals surface area contributed by atoms with E-state index in [-0.39, 0.29) is 12.0 Å². The monoisotopic (exact) mass is 312 g/mol. The number of benzene rings is 2. The second-order valence-corrected chi connectivity index (χ2v) is 5.80. The molecule has 0 radical (unpaired) electrons. The Labute approximate surface area is 137 Å². The van der Waals surface area contributed by atoms with Crippen LogP contribution in [0.5, 0.6) is 0 Å². The summed E-state index contributed by atoms with van der Waals surface area (Å²) >= 11 is 0. The van der Waals surface area contributed by atoms with Crippen LogP contribution in [-0.4, -0.2) is 12.0 Å². The molecule has 0 fully saturated rings. The molecule has 4 nitrogen and oxygen atoms in total. The highest BCUT2D eigenvalue weighted by molar-refractivity contribution is 5.81. The molecule has 2 rings (SSSR count). The Morgan fingerprint density at radius 3 is 2.22 bits per heavy atom. The number of hydrogen-bond acceptors (Lipinski definition) is 3. The van der Waals surface area contributed by atoms with Crippen LogP contribution in [0.15, 0.2) is 54.6 Å². The maximum Gasteiger partial charge on any atom is 0.239 e. The Kier molecular flexibility index (Phi) is 6.32. The topological polar surface area (TPSA) is 64.3 Å². The zero-order valence-electron chi connectivity index (χ0n) is 13.7. The molecule has 122 valence electrons. The number of carbonyl (C=O) groups is 1. The van der Waals surface area contributed by atoms with Crippen LogP contribution < -0.4 is 11.1 Å². The Balaban J connectivity index is 1.94. The summed E-state index contributed by atoms with van der Waals surface area (Å²) in [6, 6.07) is 17.2. The molecule has 3 N–H and O–H groups in total. The quantitative estimate of drug-likeness (QED) is 0.787. The van der Waals surface area contributed by atoms with E-state index in [1.54, 1.807) is 0 Å². The van der Waals surface area contributed by atoms with Crippen molar-refractivity contribution in [1.82, 2.24) is 5.32 Å². The van der Waals surface area contributed by atoms with Crippen LogP contribution >= 0.6 is 0 Å². The van der Waals surface area contributed by atoms with Gasteiger partial charge in [0.2, 0.25) is 5.91 Å². The summed E-state index contributed by atoms with van der Waals surface area (Å²) in [6.07, 6.45) is 0.221. The van der Waals surface area contributed by atoms with E-state index >= 15 is 0 Å². The van der Waals surface area contributed by atoms with Crippen molar-refractivity contribution >= 4 is 5.91 Å². The number of carbonyl (C=O) groups excluding carboxylic acids is 1. The number of amides is 1. The van der Waals surface area contributed by atoms with Gasteiger partial charge in [0.1, 0.15) is 6.04 Å². The van der Waals surface area contributed by atoms with E-state index in [0.29, 0.717) is 13.2 Å². The molecular formula is C19H24N2O2. The lowest BCUT2D eigenvalue weighted by Crippen LogP contribution is -2.33. The smallest absolute Gasteiger partial charge is 0.239 e. The molecule has 0 saturated heterocycles. The molecule has 2 aromatic carbocycles. The fourth-order valence-corrected chi connectivity index (χ4v) is 2.26. The molecule has 0 bridgehead atoms. The number of hydrogen-bond donors (Lipinski definition) is 2. The van der Waals surface area contributed by atoms with Gasteiger partial charge < -0.3 is 10.5 Å². The highest BCUT2D eigenvalue weighted by atomic mass is 16.5. The lowest BCUT2D eigenvalue weighted by Gasteiger charge is -2.16. The average molecular weight is 312 g/mol. The van der Waals surface area contributed by atoms with Crippen LogP contribution in [0.3, 0.4) is 0 Å². The normalized spacial score (nSPS) is 12.3. The zero-order valence-corrected chi connectivity index (χ0v) is 13.7. The van der Waals surface area contributed by atoms with Crippen molar-refractivity contribution in [3.05, 3.63) is 71.3 Å². The lowest BCUT2D eigenvalue weighted by atomic mass is 10.1. The maximum absolute atomic E-state index is 11.7. The van der Waals surface area contributed by atoms with Crippen molar-refractivity contribution in [3.8, 4) is 0 Å². The van der Waals surface area contributed by atoms with Crippen molar-refractivity contribution in [3.63, 3.8) is 0 Å². The van der Waals surface area contributed by atoms with Gasteiger partial charge in [0.25, 0.3) is 0 Å². The Morgan fingerprint density at radius 2 is 1.65 bits per heavy atom. The van der Waals surface area contributed by atoms with E-state index in [1.165, 1.54) is 0 Å². The van der Waals surface area contributed by atoms with Crippen LogP contribution in [-0.2, 0) is 22.7 Å². The summed E-state index contributed by atoms with van der Waals surface area (Å²) in [4.78, 5) is 11.7. The SMILES string of the molecule is CC(C)OCc1ccc(CN[C@H](C(N)=O)c2ccccc2)cc1. The van der Waals surface area contributed by atoms with Crippen molar-refractivity contribution in [2.75, 3.05) is 0 Å². The highest BCUT2D eigenvalue weighted by Gasteiger charge is 2.16. The van der Waals surface area contributed by atoms with E-state index in [2.05, 4.69) is 5.32 Å². The Hall–Kier alpha value is -2.17. The fourth-order valence-electron chi connectivity index (χ4n) is 2.26. The molecule has 4 heteroatoms. The Bertz CT molecular complexity index is 609. The van der Waals surface area contributed by atoms with Crippen molar-refractivity contribution < 1.29 is 9.53 Å². The minimum atomic E-state index is -0.486. The third kappa shape index (κ3) is 5.51. The highest BCUT2D eigenvalue weighted by Crippen LogP contribution is 2.13. The van der Waals surface area contributed by atoms with Gasteiger partial charge in [0.05, 0.1) is 12.7 Å². The minimum absolute atomic E-state index is 0.221. The molecule has 0 aliphatic rings. The van der Waals surface area contributed by atoms with Crippen LogP contribution in [0.1, 0.15) is 36.6 Å². The first kappa shape index (κ1) is 17.2.